The molecule has 0 saturated carbocycles. The van der Waals surface area contributed by atoms with E-state index in [2.05, 4.69) is 17.0 Å². The molecule has 3 rings (SSSR count). The monoisotopic (exact) mass is 289 g/mol. The number of carbonyl (C=O) groups is 1. The molecule has 2 heterocycles. The number of carboxylic acid groups (broad SMARTS) is 1. The molecule has 1 saturated heterocycles. The molecule has 4 nitrogen and oxygen atoms in total. The number of rotatable bonds is 6. The van der Waals surface area contributed by atoms with Crippen molar-refractivity contribution in [3.05, 3.63) is 29.8 Å². The molecular weight excluding hydrogens is 266 g/mol. The average molecular weight is 289 g/mol. The Labute approximate surface area is 125 Å². The summed E-state index contributed by atoms with van der Waals surface area (Å²) in [5.41, 5.74) is 2.41. The Bertz CT molecular complexity index is 497. The van der Waals surface area contributed by atoms with Gasteiger partial charge in [0.15, 0.2) is 0 Å². The minimum absolute atomic E-state index is 0.126. The van der Waals surface area contributed by atoms with Gasteiger partial charge in [0.1, 0.15) is 0 Å². The SMILES string of the molecule is O=C(O)CC1CN(CCCC2CCCO2)c2ccccc21. The third-order valence-corrected chi connectivity index (χ3v) is 4.56. The fourth-order valence-electron chi connectivity index (χ4n) is 3.56. The highest BCUT2D eigenvalue weighted by atomic mass is 16.5. The standard InChI is InChI=1S/C17H23NO3/c19-17(20)11-13-12-18(16-8-2-1-7-15(13)16)9-3-5-14-6-4-10-21-14/h1-2,7-8,13-14H,3-6,9-12H2,(H,19,20). The van der Waals surface area contributed by atoms with Gasteiger partial charge in [0.05, 0.1) is 12.5 Å². The number of carboxylic acids is 1. The van der Waals surface area contributed by atoms with Crippen molar-refractivity contribution in [3.63, 3.8) is 0 Å². The topological polar surface area (TPSA) is 49.8 Å². The third kappa shape index (κ3) is 3.38. The second-order valence-electron chi connectivity index (χ2n) is 6.08. The van der Waals surface area contributed by atoms with Gasteiger partial charge in [-0.3, -0.25) is 4.79 Å². The summed E-state index contributed by atoms with van der Waals surface area (Å²) < 4.78 is 5.66. The predicted molar refractivity (Wildman–Crippen MR) is 81.9 cm³/mol. The first kappa shape index (κ1) is 14.4. The third-order valence-electron chi connectivity index (χ3n) is 4.56. The highest BCUT2D eigenvalue weighted by molar-refractivity contribution is 5.71. The average Bonchev–Trinajstić information content (AvgIpc) is 3.08. The molecule has 21 heavy (non-hydrogen) atoms. The van der Waals surface area contributed by atoms with Crippen LogP contribution in [0.2, 0.25) is 0 Å². The van der Waals surface area contributed by atoms with Crippen LogP contribution in [0.4, 0.5) is 5.69 Å². The van der Waals surface area contributed by atoms with E-state index >= 15 is 0 Å². The molecule has 2 unspecified atom stereocenters. The van der Waals surface area contributed by atoms with Crippen molar-refractivity contribution in [1.82, 2.24) is 0 Å². The van der Waals surface area contributed by atoms with E-state index in [0.717, 1.165) is 32.5 Å². The smallest absolute Gasteiger partial charge is 0.304 e. The molecule has 4 heteroatoms. The second-order valence-corrected chi connectivity index (χ2v) is 6.08. The summed E-state index contributed by atoms with van der Waals surface area (Å²) in [7, 11) is 0. The molecule has 1 fully saturated rings. The van der Waals surface area contributed by atoms with Crippen molar-refractivity contribution in [2.24, 2.45) is 0 Å². The number of ether oxygens (including phenoxy) is 1. The normalized spacial score (nSPS) is 24.3. The Morgan fingerprint density at radius 2 is 2.24 bits per heavy atom. The van der Waals surface area contributed by atoms with Gasteiger partial charge in [0, 0.05) is 31.3 Å². The van der Waals surface area contributed by atoms with Crippen LogP contribution in [0.3, 0.4) is 0 Å². The molecule has 0 amide bonds. The van der Waals surface area contributed by atoms with Gasteiger partial charge in [-0.25, -0.2) is 0 Å². The van der Waals surface area contributed by atoms with Gasteiger partial charge in [0.25, 0.3) is 0 Å². The largest absolute Gasteiger partial charge is 0.481 e. The molecule has 1 aromatic carbocycles. The van der Waals surface area contributed by atoms with E-state index in [9.17, 15) is 4.79 Å². The predicted octanol–water partition coefficient (Wildman–Crippen LogP) is 3.02. The van der Waals surface area contributed by atoms with E-state index in [4.69, 9.17) is 9.84 Å². The number of hydrogen-bond donors (Lipinski definition) is 1. The molecule has 2 aliphatic heterocycles. The lowest BCUT2D eigenvalue weighted by Gasteiger charge is -2.20. The number of anilines is 1. The zero-order valence-corrected chi connectivity index (χ0v) is 12.3. The van der Waals surface area contributed by atoms with Gasteiger partial charge in [-0.1, -0.05) is 18.2 Å². The fourth-order valence-corrected chi connectivity index (χ4v) is 3.56. The Hall–Kier alpha value is -1.55. The van der Waals surface area contributed by atoms with Crippen molar-refractivity contribution >= 4 is 11.7 Å². The van der Waals surface area contributed by atoms with E-state index in [1.807, 2.05) is 12.1 Å². The first-order valence-corrected chi connectivity index (χ1v) is 7.91. The minimum atomic E-state index is -0.712. The number of benzene rings is 1. The summed E-state index contributed by atoms with van der Waals surface area (Å²) in [6.07, 6.45) is 5.27. The zero-order chi connectivity index (χ0) is 14.7. The molecule has 1 aromatic rings. The van der Waals surface area contributed by atoms with Crippen molar-refractivity contribution in [2.45, 2.75) is 44.1 Å². The Kier molecular flexibility index (Phi) is 4.44. The summed E-state index contributed by atoms with van der Waals surface area (Å²) in [6.45, 7) is 2.74. The van der Waals surface area contributed by atoms with Crippen molar-refractivity contribution in [2.75, 3.05) is 24.6 Å². The van der Waals surface area contributed by atoms with Crippen LogP contribution in [-0.2, 0) is 9.53 Å². The summed E-state index contributed by atoms with van der Waals surface area (Å²) in [5.74, 6) is -0.586. The van der Waals surface area contributed by atoms with E-state index < -0.39 is 5.97 Å². The molecule has 2 atom stereocenters. The van der Waals surface area contributed by atoms with E-state index in [0.29, 0.717) is 6.10 Å². The van der Waals surface area contributed by atoms with Gasteiger partial charge >= 0.3 is 5.97 Å². The van der Waals surface area contributed by atoms with Crippen molar-refractivity contribution in [1.29, 1.82) is 0 Å². The van der Waals surface area contributed by atoms with Crippen molar-refractivity contribution in [3.8, 4) is 0 Å². The number of aliphatic carboxylic acids is 1. The van der Waals surface area contributed by atoms with Crippen LogP contribution < -0.4 is 4.90 Å². The number of nitrogens with zero attached hydrogens (tertiary/aromatic N) is 1. The van der Waals surface area contributed by atoms with Crippen LogP contribution in [0.5, 0.6) is 0 Å². The maximum atomic E-state index is 11.0. The van der Waals surface area contributed by atoms with E-state index in [1.165, 1.54) is 24.1 Å². The lowest BCUT2D eigenvalue weighted by Crippen LogP contribution is -2.24. The molecule has 2 aliphatic rings. The molecule has 0 radical (unpaired) electrons. The zero-order valence-electron chi connectivity index (χ0n) is 12.3. The fraction of sp³-hybridized carbons (Fsp3) is 0.588. The summed E-state index contributed by atoms with van der Waals surface area (Å²) in [4.78, 5) is 13.4. The van der Waals surface area contributed by atoms with Gasteiger partial charge < -0.3 is 14.7 Å². The first-order chi connectivity index (χ1) is 10.2. The molecule has 0 spiro atoms. The number of hydrogen-bond acceptors (Lipinski definition) is 3. The Morgan fingerprint density at radius 3 is 3.00 bits per heavy atom. The van der Waals surface area contributed by atoms with Gasteiger partial charge in [-0.05, 0) is 37.3 Å². The minimum Gasteiger partial charge on any atom is -0.481 e. The molecule has 0 aliphatic carbocycles. The number of fused-ring (bicyclic) bond motifs is 1. The first-order valence-electron chi connectivity index (χ1n) is 7.91. The highest BCUT2D eigenvalue weighted by Crippen LogP contribution is 2.38. The number of para-hydroxylation sites is 1. The molecule has 1 N–H and O–H groups in total. The maximum absolute atomic E-state index is 11.0. The van der Waals surface area contributed by atoms with Crippen LogP contribution >= 0.6 is 0 Å². The molecule has 0 bridgehead atoms. The van der Waals surface area contributed by atoms with Crippen LogP contribution in [0.25, 0.3) is 0 Å². The maximum Gasteiger partial charge on any atom is 0.304 e. The lowest BCUT2D eigenvalue weighted by atomic mass is 9.98. The van der Waals surface area contributed by atoms with E-state index in [-0.39, 0.29) is 12.3 Å². The van der Waals surface area contributed by atoms with Gasteiger partial charge in [-0.2, -0.15) is 0 Å². The van der Waals surface area contributed by atoms with Crippen LogP contribution in [0.1, 0.15) is 43.6 Å². The van der Waals surface area contributed by atoms with E-state index in [1.54, 1.807) is 0 Å². The lowest BCUT2D eigenvalue weighted by molar-refractivity contribution is -0.137. The van der Waals surface area contributed by atoms with Crippen LogP contribution in [-0.4, -0.2) is 36.9 Å². The highest BCUT2D eigenvalue weighted by Gasteiger charge is 2.29. The molecular formula is C17H23NO3. The second kappa shape index (κ2) is 6.48. The summed E-state index contributed by atoms with van der Waals surface area (Å²) in [5, 5.41) is 9.07. The van der Waals surface area contributed by atoms with Crippen molar-refractivity contribution < 1.29 is 14.6 Å². The molecule has 0 aromatic heterocycles. The van der Waals surface area contributed by atoms with Gasteiger partial charge in [0.2, 0.25) is 0 Å². The summed E-state index contributed by atoms with van der Waals surface area (Å²) in [6, 6.07) is 8.23. The quantitative estimate of drug-likeness (QED) is 0.874. The van der Waals surface area contributed by atoms with Crippen LogP contribution in [0, 0.1) is 0 Å². The van der Waals surface area contributed by atoms with Gasteiger partial charge in [-0.15, -0.1) is 0 Å². The Morgan fingerprint density at radius 1 is 1.38 bits per heavy atom. The Balaban J connectivity index is 1.59. The summed E-state index contributed by atoms with van der Waals surface area (Å²) >= 11 is 0. The molecule has 114 valence electrons. The van der Waals surface area contributed by atoms with Crippen LogP contribution in [0.15, 0.2) is 24.3 Å².